The number of amides is 1. The molecule has 1 N–H and O–H groups in total. The lowest BCUT2D eigenvalue weighted by Gasteiger charge is -2.25. The van der Waals surface area contributed by atoms with Crippen molar-refractivity contribution in [3.05, 3.63) is 105 Å². The van der Waals surface area contributed by atoms with Gasteiger partial charge in [-0.05, 0) is 41.3 Å². The van der Waals surface area contributed by atoms with Crippen LogP contribution in [0.25, 0.3) is 5.76 Å². The van der Waals surface area contributed by atoms with Crippen LogP contribution in [0.4, 0.5) is 0 Å². The number of hydrogen-bond donors (Lipinski definition) is 1. The molecule has 4 rings (SSSR count). The van der Waals surface area contributed by atoms with Crippen molar-refractivity contribution in [3.8, 4) is 0 Å². The van der Waals surface area contributed by atoms with Crippen LogP contribution in [0.5, 0.6) is 0 Å². The average Bonchev–Trinajstić information content (AvgIpc) is 3.05. The quantitative estimate of drug-likeness (QED) is 0.287. The Balaban J connectivity index is 1.84. The highest BCUT2D eigenvalue weighted by Crippen LogP contribution is 2.40. The van der Waals surface area contributed by atoms with Crippen molar-refractivity contribution in [1.82, 2.24) is 9.88 Å². The normalized spacial score (nSPS) is 17.9. The van der Waals surface area contributed by atoms with Gasteiger partial charge in [-0.3, -0.25) is 14.6 Å². The van der Waals surface area contributed by atoms with E-state index in [9.17, 15) is 14.7 Å². The van der Waals surface area contributed by atoms with Crippen molar-refractivity contribution in [1.29, 1.82) is 0 Å². The number of likely N-dealkylation sites (tertiary alicyclic amines) is 1. The minimum Gasteiger partial charge on any atom is -0.507 e. The maximum Gasteiger partial charge on any atom is 0.296 e. The van der Waals surface area contributed by atoms with E-state index in [1.165, 1.54) is 4.90 Å². The number of hydrogen-bond acceptors (Lipinski definition) is 4. The second-order valence-corrected chi connectivity index (χ2v) is 8.99. The summed E-state index contributed by atoms with van der Waals surface area (Å²) in [5, 5.41) is 11.1. The van der Waals surface area contributed by atoms with E-state index in [1.807, 2.05) is 36.4 Å². The van der Waals surface area contributed by atoms with Gasteiger partial charge in [0.05, 0.1) is 23.9 Å². The van der Waals surface area contributed by atoms with Gasteiger partial charge in [0.2, 0.25) is 0 Å². The van der Waals surface area contributed by atoms with Gasteiger partial charge in [0.25, 0.3) is 11.7 Å². The van der Waals surface area contributed by atoms with Gasteiger partial charge >= 0.3 is 0 Å². The standard InChI is InChI=1S/C26H23BrN2O3/c1-16(2)17-6-8-18(9-7-17)23-22(24(30)19-10-12-20(27)13-11-19)25(31)26(32)29(23)15-21-5-3-4-14-28-21/h3-14,16,23,30H,15H2,1-2H3/b24-22+. The highest BCUT2D eigenvalue weighted by Gasteiger charge is 2.46. The first-order valence-electron chi connectivity index (χ1n) is 10.4. The fourth-order valence-corrected chi connectivity index (χ4v) is 4.15. The molecular weight excluding hydrogens is 468 g/mol. The third kappa shape index (κ3) is 4.23. The predicted molar refractivity (Wildman–Crippen MR) is 127 cm³/mol. The molecule has 2 heterocycles. The molecule has 0 saturated carbocycles. The Kier molecular flexibility index (Phi) is 6.24. The lowest BCUT2D eigenvalue weighted by Crippen LogP contribution is -2.29. The zero-order valence-electron chi connectivity index (χ0n) is 17.8. The molecular formula is C26H23BrN2O3. The van der Waals surface area contributed by atoms with Gasteiger partial charge in [-0.25, -0.2) is 0 Å². The number of Topliss-reactive ketones (excluding diaryl/α,β-unsaturated/α-hetero) is 1. The molecule has 1 atom stereocenters. The number of ketones is 1. The summed E-state index contributed by atoms with van der Waals surface area (Å²) in [6.07, 6.45) is 1.65. The maximum absolute atomic E-state index is 13.1. The van der Waals surface area contributed by atoms with Crippen molar-refractivity contribution in [3.63, 3.8) is 0 Å². The molecule has 1 unspecified atom stereocenters. The lowest BCUT2D eigenvalue weighted by atomic mass is 9.93. The Hall–Kier alpha value is -3.25. The van der Waals surface area contributed by atoms with Crippen LogP contribution in [0, 0.1) is 0 Å². The Morgan fingerprint density at radius 1 is 1.03 bits per heavy atom. The summed E-state index contributed by atoms with van der Waals surface area (Å²) in [5.41, 5.74) is 3.16. The largest absolute Gasteiger partial charge is 0.507 e. The molecule has 1 aliphatic rings. The van der Waals surface area contributed by atoms with Gasteiger partial charge in [-0.15, -0.1) is 0 Å². The fourth-order valence-electron chi connectivity index (χ4n) is 3.88. The van der Waals surface area contributed by atoms with Crippen LogP contribution in [0.3, 0.4) is 0 Å². The zero-order chi connectivity index (χ0) is 22.8. The minimum atomic E-state index is -0.707. The number of pyridine rings is 1. The third-order valence-electron chi connectivity index (χ3n) is 5.63. The summed E-state index contributed by atoms with van der Waals surface area (Å²) in [4.78, 5) is 32.0. The van der Waals surface area contributed by atoms with Gasteiger partial charge in [-0.2, -0.15) is 0 Å². The lowest BCUT2D eigenvalue weighted by molar-refractivity contribution is -0.140. The van der Waals surface area contributed by atoms with Gasteiger partial charge in [0.15, 0.2) is 0 Å². The number of nitrogens with zero attached hydrogens (tertiary/aromatic N) is 2. The first-order valence-corrected chi connectivity index (χ1v) is 11.2. The summed E-state index contributed by atoms with van der Waals surface area (Å²) in [5.74, 6) is -1.17. The Labute approximate surface area is 195 Å². The number of carbonyl (C=O) groups excluding carboxylic acids is 2. The van der Waals surface area contributed by atoms with Gasteiger partial charge in [0.1, 0.15) is 5.76 Å². The fraction of sp³-hybridized carbons (Fsp3) is 0.192. The van der Waals surface area contributed by atoms with Gasteiger partial charge in [0, 0.05) is 16.2 Å². The molecule has 32 heavy (non-hydrogen) atoms. The smallest absolute Gasteiger partial charge is 0.296 e. The van der Waals surface area contributed by atoms with Crippen LogP contribution < -0.4 is 0 Å². The minimum absolute atomic E-state index is 0.0885. The third-order valence-corrected chi connectivity index (χ3v) is 6.16. The number of aromatic nitrogens is 1. The summed E-state index contributed by atoms with van der Waals surface area (Å²) in [7, 11) is 0. The molecule has 1 saturated heterocycles. The Morgan fingerprint density at radius 2 is 1.72 bits per heavy atom. The van der Waals surface area contributed by atoms with Crippen LogP contribution >= 0.6 is 15.9 Å². The molecule has 3 aromatic rings. The van der Waals surface area contributed by atoms with E-state index in [0.717, 1.165) is 15.6 Å². The second-order valence-electron chi connectivity index (χ2n) is 8.08. The SMILES string of the molecule is CC(C)c1ccc(C2/C(=C(\O)c3ccc(Br)cc3)C(=O)C(=O)N2Cc2ccccn2)cc1. The van der Waals surface area contributed by atoms with Crippen LogP contribution in [-0.2, 0) is 16.1 Å². The summed E-state index contributed by atoms with van der Waals surface area (Å²) < 4.78 is 0.852. The zero-order valence-corrected chi connectivity index (χ0v) is 19.4. The van der Waals surface area contributed by atoms with Crippen LogP contribution in [0.1, 0.15) is 48.2 Å². The van der Waals surface area contributed by atoms with Gasteiger partial charge < -0.3 is 10.0 Å². The molecule has 0 aliphatic carbocycles. The molecule has 0 bridgehead atoms. The van der Waals surface area contributed by atoms with E-state index < -0.39 is 17.7 Å². The predicted octanol–water partition coefficient (Wildman–Crippen LogP) is 5.59. The molecule has 2 aromatic carbocycles. The highest BCUT2D eigenvalue weighted by atomic mass is 79.9. The van der Waals surface area contributed by atoms with Crippen LogP contribution in [-0.4, -0.2) is 26.7 Å². The monoisotopic (exact) mass is 490 g/mol. The molecule has 162 valence electrons. The summed E-state index contributed by atoms with van der Waals surface area (Å²) >= 11 is 3.38. The van der Waals surface area contributed by atoms with Gasteiger partial charge in [-0.1, -0.05) is 72.2 Å². The van der Waals surface area contributed by atoms with E-state index in [0.29, 0.717) is 17.2 Å². The number of halogens is 1. The van der Waals surface area contributed by atoms with E-state index >= 15 is 0 Å². The molecule has 5 nitrogen and oxygen atoms in total. The molecule has 0 spiro atoms. The molecule has 6 heteroatoms. The molecule has 0 radical (unpaired) electrons. The number of aliphatic hydroxyl groups excluding tert-OH is 1. The van der Waals surface area contributed by atoms with E-state index in [4.69, 9.17) is 0 Å². The number of carbonyl (C=O) groups is 2. The first-order chi connectivity index (χ1) is 15.4. The molecule has 1 aromatic heterocycles. The topological polar surface area (TPSA) is 70.5 Å². The summed E-state index contributed by atoms with van der Waals surface area (Å²) in [6, 6.07) is 19.6. The van der Waals surface area contributed by atoms with E-state index in [2.05, 4.69) is 34.8 Å². The van der Waals surface area contributed by atoms with E-state index in [-0.39, 0.29) is 17.9 Å². The average molecular weight is 491 g/mol. The number of benzene rings is 2. The van der Waals surface area contributed by atoms with Crippen molar-refractivity contribution < 1.29 is 14.7 Å². The summed E-state index contributed by atoms with van der Waals surface area (Å²) in [6.45, 7) is 4.38. The Morgan fingerprint density at radius 3 is 2.31 bits per heavy atom. The first kappa shape index (κ1) is 22.0. The highest BCUT2D eigenvalue weighted by molar-refractivity contribution is 9.10. The van der Waals surface area contributed by atoms with Crippen molar-refractivity contribution in [2.45, 2.75) is 32.4 Å². The Bertz CT molecular complexity index is 1170. The molecule has 1 amide bonds. The molecule has 1 fully saturated rings. The maximum atomic E-state index is 13.1. The number of aliphatic hydroxyl groups is 1. The molecule has 1 aliphatic heterocycles. The van der Waals surface area contributed by atoms with Crippen LogP contribution in [0.15, 0.2) is 83.0 Å². The van der Waals surface area contributed by atoms with Crippen LogP contribution in [0.2, 0.25) is 0 Å². The van der Waals surface area contributed by atoms with Crippen molar-refractivity contribution in [2.75, 3.05) is 0 Å². The second kappa shape index (κ2) is 9.09. The van der Waals surface area contributed by atoms with Crippen molar-refractivity contribution >= 4 is 33.4 Å². The van der Waals surface area contributed by atoms with Crippen molar-refractivity contribution in [2.24, 2.45) is 0 Å². The van der Waals surface area contributed by atoms with E-state index in [1.54, 1.807) is 36.5 Å². The number of rotatable bonds is 5.